The van der Waals surface area contributed by atoms with E-state index in [2.05, 4.69) is 30.9 Å². The van der Waals surface area contributed by atoms with Gasteiger partial charge in [0.15, 0.2) is 5.16 Å². The van der Waals surface area contributed by atoms with Crippen LogP contribution in [0.25, 0.3) is 0 Å². The molecule has 0 fully saturated rings. The maximum absolute atomic E-state index is 11.1. The molecule has 0 aliphatic heterocycles. The number of rotatable bonds is 2. The second-order valence-corrected chi connectivity index (χ2v) is 5.01. The van der Waals surface area contributed by atoms with Gasteiger partial charge < -0.3 is 4.98 Å². The van der Waals surface area contributed by atoms with Crippen LogP contribution in [0, 0.1) is 6.92 Å². The number of aromatic nitrogens is 3. The van der Waals surface area contributed by atoms with Crippen molar-refractivity contribution in [2.75, 3.05) is 0 Å². The van der Waals surface area contributed by atoms with E-state index >= 15 is 0 Å². The lowest BCUT2D eigenvalue weighted by Gasteiger charge is -2.03. The molecule has 82 valence electrons. The van der Waals surface area contributed by atoms with Gasteiger partial charge in [0.25, 0.3) is 5.56 Å². The fraction of sp³-hybridized carbons (Fsp3) is 0.100. The van der Waals surface area contributed by atoms with Gasteiger partial charge in [-0.3, -0.25) is 4.79 Å². The number of pyridine rings is 1. The molecule has 0 saturated heterocycles. The first-order valence-electron chi connectivity index (χ1n) is 4.50. The average Bonchev–Trinajstić information content (AvgIpc) is 2.22. The van der Waals surface area contributed by atoms with Gasteiger partial charge in [-0.25, -0.2) is 9.97 Å². The summed E-state index contributed by atoms with van der Waals surface area (Å²) >= 11 is 4.69. The van der Waals surface area contributed by atoms with E-state index < -0.39 is 0 Å². The molecule has 0 atom stereocenters. The highest BCUT2D eigenvalue weighted by molar-refractivity contribution is 9.10. The zero-order valence-electron chi connectivity index (χ0n) is 8.40. The zero-order valence-corrected chi connectivity index (χ0v) is 10.8. The molecule has 0 amide bonds. The number of hydrogen-bond acceptors (Lipinski definition) is 4. The average molecular weight is 298 g/mol. The monoisotopic (exact) mass is 297 g/mol. The van der Waals surface area contributed by atoms with Gasteiger partial charge in [-0.2, -0.15) is 0 Å². The van der Waals surface area contributed by atoms with Crippen molar-refractivity contribution >= 4 is 27.7 Å². The van der Waals surface area contributed by atoms with Crippen molar-refractivity contribution < 1.29 is 0 Å². The third kappa shape index (κ3) is 2.70. The largest absolute Gasteiger partial charge is 0.301 e. The second kappa shape index (κ2) is 4.80. The van der Waals surface area contributed by atoms with Crippen LogP contribution in [-0.2, 0) is 0 Å². The molecular weight excluding hydrogens is 290 g/mol. The Kier molecular flexibility index (Phi) is 3.40. The summed E-state index contributed by atoms with van der Waals surface area (Å²) in [5.74, 6) is 0. The number of halogens is 1. The summed E-state index contributed by atoms with van der Waals surface area (Å²) in [4.78, 5) is 22.0. The minimum atomic E-state index is -0.160. The lowest BCUT2D eigenvalue weighted by Crippen LogP contribution is -2.05. The number of aromatic amines is 1. The summed E-state index contributed by atoms with van der Waals surface area (Å²) in [6, 6.07) is 3.35. The topological polar surface area (TPSA) is 58.6 Å². The van der Waals surface area contributed by atoms with Gasteiger partial charge >= 0.3 is 0 Å². The molecule has 2 heterocycles. The third-order valence-corrected chi connectivity index (χ3v) is 3.29. The molecule has 0 aliphatic rings. The smallest absolute Gasteiger partial charge is 0.251 e. The van der Waals surface area contributed by atoms with Crippen molar-refractivity contribution in [2.45, 2.75) is 17.1 Å². The molecule has 16 heavy (non-hydrogen) atoms. The van der Waals surface area contributed by atoms with Crippen molar-refractivity contribution in [1.82, 2.24) is 15.0 Å². The van der Waals surface area contributed by atoms with Gasteiger partial charge in [-0.15, -0.1) is 0 Å². The van der Waals surface area contributed by atoms with E-state index in [-0.39, 0.29) is 5.56 Å². The Morgan fingerprint density at radius 1 is 1.44 bits per heavy atom. The van der Waals surface area contributed by atoms with Crippen molar-refractivity contribution in [2.24, 2.45) is 0 Å². The van der Waals surface area contributed by atoms with Gasteiger partial charge in [-0.05, 0) is 46.2 Å². The van der Waals surface area contributed by atoms with Gasteiger partial charge in [0.1, 0.15) is 5.03 Å². The van der Waals surface area contributed by atoms with Crippen LogP contribution < -0.4 is 5.56 Å². The number of aryl methyl sites for hydroxylation is 1. The van der Waals surface area contributed by atoms with E-state index in [4.69, 9.17) is 0 Å². The van der Waals surface area contributed by atoms with Crippen molar-refractivity contribution in [3.8, 4) is 0 Å². The summed E-state index contributed by atoms with van der Waals surface area (Å²) < 4.78 is 0.934. The first-order chi connectivity index (χ1) is 7.65. The first-order valence-corrected chi connectivity index (χ1v) is 6.11. The van der Waals surface area contributed by atoms with Crippen LogP contribution in [0.15, 0.2) is 44.0 Å². The Bertz CT molecular complexity index is 570. The summed E-state index contributed by atoms with van der Waals surface area (Å²) in [5.41, 5.74) is 0.873. The standard InChI is InChI=1S/C10H8BrN3OS/c1-6-4-7(11)5-13-9(6)16-10-12-3-2-8(15)14-10/h2-5H,1H3,(H,12,14,15). The van der Waals surface area contributed by atoms with E-state index in [1.165, 1.54) is 24.0 Å². The first kappa shape index (κ1) is 11.3. The molecule has 0 bridgehead atoms. The molecule has 2 aromatic rings. The number of H-pyrrole nitrogens is 1. The Morgan fingerprint density at radius 3 is 2.94 bits per heavy atom. The van der Waals surface area contributed by atoms with E-state index in [1.807, 2.05) is 13.0 Å². The molecule has 0 unspecified atom stereocenters. The number of nitrogens with zero attached hydrogens (tertiary/aromatic N) is 2. The number of nitrogens with one attached hydrogen (secondary N) is 1. The van der Waals surface area contributed by atoms with Crippen molar-refractivity contribution in [3.63, 3.8) is 0 Å². The van der Waals surface area contributed by atoms with Gasteiger partial charge in [0.2, 0.25) is 0 Å². The van der Waals surface area contributed by atoms with E-state index in [0.717, 1.165) is 15.1 Å². The van der Waals surface area contributed by atoms with Crippen LogP contribution in [0.3, 0.4) is 0 Å². The van der Waals surface area contributed by atoms with Gasteiger partial charge in [0, 0.05) is 22.9 Å². The molecule has 0 saturated carbocycles. The lowest BCUT2D eigenvalue weighted by atomic mass is 10.3. The number of hydrogen-bond donors (Lipinski definition) is 1. The highest BCUT2D eigenvalue weighted by Gasteiger charge is 2.04. The molecule has 6 heteroatoms. The predicted octanol–water partition coefficient (Wildman–Crippen LogP) is 2.39. The summed E-state index contributed by atoms with van der Waals surface area (Å²) in [7, 11) is 0. The van der Waals surface area contributed by atoms with Crippen LogP contribution in [-0.4, -0.2) is 15.0 Å². The fourth-order valence-corrected chi connectivity index (χ4v) is 2.35. The maximum atomic E-state index is 11.1. The Labute approximate surface area is 105 Å². The molecule has 0 spiro atoms. The normalized spacial score (nSPS) is 10.4. The third-order valence-electron chi connectivity index (χ3n) is 1.84. The summed E-state index contributed by atoms with van der Waals surface area (Å²) in [6.07, 6.45) is 3.20. The van der Waals surface area contributed by atoms with Crippen LogP contribution >= 0.6 is 27.7 Å². The molecule has 2 aromatic heterocycles. The summed E-state index contributed by atoms with van der Waals surface area (Å²) in [5, 5.41) is 1.38. The maximum Gasteiger partial charge on any atom is 0.251 e. The molecule has 0 radical (unpaired) electrons. The van der Waals surface area contributed by atoms with Gasteiger partial charge in [-0.1, -0.05) is 0 Å². The van der Waals surface area contributed by atoms with Crippen LogP contribution in [0.4, 0.5) is 0 Å². The zero-order chi connectivity index (χ0) is 11.5. The van der Waals surface area contributed by atoms with Crippen molar-refractivity contribution in [3.05, 3.63) is 44.9 Å². The highest BCUT2D eigenvalue weighted by Crippen LogP contribution is 2.26. The molecule has 1 N–H and O–H groups in total. The minimum absolute atomic E-state index is 0.160. The van der Waals surface area contributed by atoms with Crippen LogP contribution in [0.2, 0.25) is 0 Å². The Morgan fingerprint density at radius 2 is 2.25 bits per heavy atom. The summed E-state index contributed by atoms with van der Waals surface area (Å²) in [6.45, 7) is 1.96. The van der Waals surface area contributed by atoms with Crippen LogP contribution in [0.1, 0.15) is 5.56 Å². The van der Waals surface area contributed by atoms with E-state index in [9.17, 15) is 4.79 Å². The molecule has 4 nitrogen and oxygen atoms in total. The SMILES string of the molecule is Cc1cc(Br)cnc1Sc1nccc(=O)[nH]1. The quantitative estimate of drug-likeness (QED) is 0.865. The molecule has 2 rings (SSSR count). The lowest BCUT2D eigenvalue weighted by molar-refractivity contribution is 0.929. The van der Waals surface area contributed by atoms with Crippen molar-refractivity contribution in [1.29, 1.82) is 0 Å². The molecule has 0 aliphatic carbocycles. The Balaban J connectivity index is 2.30. The predicted molar refractivity (Wildman–Crippen MR) is 65.7 cm³/mol. The molecular formula is C10H8BrN3OS. The fourth-order valence-electron chi connectivity index (χ4n) is 1.13. The second-order valence-electron chi connectivity index (χ2n) is 3.12. The highest BCUT2D eigenvalue weighted by atomic mass is 79.9. The van der Waals surface area contributed by atoms with Crippen LogP contribution in [0.5, 0.6) is 0 Å². The van der Waals surface area contributed by atoms with Gasteiger partial charge in [0.05, 0.1) is 0 Å². The Hall–Kier alpha value is -1.14. The van der Waals surface area contributed by atoms with E-state index in [1.54, 1.807) is 6.20 Å². The minimum Gasteiger partial charge on any atom is -0.301 e. The van der Waals surface area contributed by atoms with E-state index in [0.29, 0.717) is 5.16 Å². The molecule has 0 aromatic carbocycles.